The lowest BCUT2D eigenvalue weighted by atomic mass is 9.86. The third-order valence-corrected chi connectivity index (χ3v) is 4.77. The summed E-state index contributed by atoms with van der Waals surface area (Å²) < 4.78 is 0.933. The van der Waals surface area contributed by atoms with E-state index in [1.165, 1.54) is 0 Å². The van der Waals surface area contributed by atoms with E-state index in [4.69, 9.17) is 0 Å². The maximum absolute atomic E-state index is 11.8. The molecule has 1 fully saturated rings. The minimum absolute atomic E-state index is 0.185. The van der Waals surface area contributed by atoms with Crippen LogP contribution in [0.15, 0.2) is 28.7 Å². The topological polar surface area (TPSA) is 78.4 Å². The van der Waals surface area contributed by atoms with Gasteiger partial charge in [0.15, 0.2) is 0 Å². The Kier molecular flexibility index (Phi) is 5.22. The monoisotopic (exact) mass is 354 g/mol. The van der Waals surface area contributed by atoms with E-state index in [1.807, 2.05) is 24.3 Å². The van der Waals surface area contributed by atoms with Gasteiger partial charge in [0, 0.05) is 17.6 Å². The van der Waals surface area contributed by atoms with E-state index < -0.39 is 11.4 Å². The second-order valence-corrected chi connectivity index (χ2v) is 6.27. The van der Waals surface area contributed by atoms with E-state index in [-0.39, 0.29) is 12.6 Å². The first-order chi connectivity index (χ1) is 10.0. The fourth-order valence-electron chi connectivity index (χ4n) is 2.65. The molecular weight excluding hydrogens is 336 g/mol. The molecule has 0 aliphatic heterocycles. The summed E-state index contributed by atoms with van der Waals surface area (Å²) in [6.07, 6.45) is 3.08. The van der Waals surface area contributed by atoms with E-state index in [1.54, 1.807) is 0 Å². The molecule has 2 amide bonds. The molecule has 1 aromatic carbocycles. The van der Waals surface area contributed by atoms with E-state index in [2.05, 4.69) is 26.6 Å². The Morgan fingerprint density at radius 3 is 2.48 bits per heavy atom. The normalized spacial score (nSPS) is 16.4. The number of carbonyl (C=O) groups excluding carboxylic acids is 1. The summed E-state index contributed by atoms with van der Waals surface area (Å²) in [7, 11) is 0. The van der Waals surface area contributed by atoms with Crippen molar-refractivity contribution < 1.29 is 14.7 Å². The number of carbonyl (C=O) groups is 2. The summed E-state index contributed by atoms with van der Waals surface area (Å²) >= 11 is 3.42. The molecule has 2 rings (SSSR count). The minimum Gasteiger partial charge on any atom is -0.481 e. The first kappa shape index (κ1) is 15.8. The van der Waals surface area contributed by atoms with Crippen molar-refractivity contribution in [3.8, 4) is 0 Å². The van der Waals surface area contributed by atoms with Crippen LogP contribution in [0, 0.1) is 5.41 Å². The van der Waals surface area contributed by atoms with Gasteiger partial charge in [-0.15, -0.1) is 0 Å². The molecule has 0 atom stereocenters. The standard InChI is InChI=1S/C15H19BrN2O3/c16-12-6-2-1-5-11(12)9-17-14(21)18-10-15(13(19)20)7-3-4-8-15/h1-2,5-6H,3-4,7-10H2,(H,19,20)(H2,17,18,21). The lowest BCUT2D eigenvalue weighted by molar-refractivity contribution is -0.148. The molecule has 21 heavy (non-hydrogen) atoms. The van der Waals surface area contributed by atoms with Crippen molar-refractivity contribution in [2.24, 2.45) is 5.41 Å². The van der Waals surface area contributed by atoms with Gasteiger partial charge in [0.1, 0.15) is 0 Å². The van der Waals surface area contributed by atoms with Gasteiger partial charge >= 0.3 is 12.0 Å². The van der Waals surface area contributed by atoms with E-state index in [9.17, 15) is 14.7 Å². The zero-order valence-electron chi connectivity index (χ0n) is 11.7. The molecule has 0 radical (unpaired) electrons. The summed E-state index contributed by atoms with van der Waals surface area (Å²) in [5.41, 5.74) is 0.187. The van der Waals surface area contributed by atoms with Crippen LogP contribution >= 0.6 is 15.9 Å². The molecule has 6 heteroatoms. The average molecular weight is 355 g/mol. The predicted octanol–water partition coefficient (Wildman–Crippen LogP) is 2.89. The smallest absolute Gasteiger partial charge is 0.315 e. The predicted molar refractivity (Wildman–Crippen MR) is 82.9 cm³/mol. The number of benzene rings is 1. The number of carboxylic acid groups (broad SMARTS) is 1. The molecule has 1 aromatic rings. The van der Waals surface area contributed by atoms with Gasteiger partial charge in [0.25, 0.3) is 0 Å². The van der Waals surface area contributed by atoms with Crippen LogP contribution in [0.3, 0.4) is 0 Å². The number of hydrogen-bond donors (Lipinski definition) is 3. The Balaban J connectivity index is 1.82. The first-order valence-corrected chi connectivity index (χ1v) is 7.81. The largest absolute Gasteiger partial charge is 0.481 e. The number of amides is 2. The molecule has 1 aliphatic rings. The second-order valence-electron chi connectivity index (χ2n) is 5.42. The van der Waals surface area contributed by atoms with Gasteiger partial charge in [-0.3, -0.25) is 4.79 Å². The Labute approximate surface area is 132 Å². The highest BCUT2D eigenvalue weighted by molar-refractivity contribution is 9.10. The Bertz CT molecular complexity index is 527. The average Bonchev–Trinajstić information content (AvgIpc) is 2.94. The van der Waals surface area contributed by atoms with Crippen molar-refractivity contribution >= 4 is 27.9 Å². The highest BCUT2D eigenvalue weighted by Gasteiger charge is 2.41. The second kappa shape index (κ2) is 6.93. The number of rotatable bonds is 5. The molecule has 0 heterocycles. The molecule has 5 nitrogen and oxygen atoms in total. The van der Waals surface area contributed by atoms with Crippen LogP contribution in [0.1, 0.15) is 31.2 Å². The molecule has 114 valence electrons. The summed E-state index contributed by atoms with van der Waals surface area (Å²) in [6, 6.07) is 7.30. The van der Waals surface area contributed by atoms with E-state index in [0.717, 1.165) is 22.9 Å². The fraction of sp³-hybridized carbons (Fsp3) is 0.467. The van der Waals surface area contributed by atoms with Gasteiger partial charge in [-0.05, 0) is 24.5 Å². The van der Waals surface area contributed by atoms with Gasteiger partial charge in [-0.25, -0.2) is 4.79 Å². The van der Waals surface area contributed by atoms with Gasteiger partial charge in [-0.2, -0.15) is 0 Å². The van der Waals surface area contributed by atoms with Crippen molar-refractivity contribution in [2.45, 2.75) is 32.2 Å². The van der Waals surface area contributed by atoms with Gasteiger partial charge in [0.05, 0.1) is 5.41 Å². The van der Waals surface area contributed by atoms with Crippen LogP contribution in [-0.2, 0) is 11.3 Å². The van der Waals surface area contributed by atoms with Crippen LogP contribution in [-0.4, -0.2) is 23.7 Å². The number of carboxylic acids is 1. The van der Waals surface area contributed by atoms with Crippen LogP contribution < -0.4 is 10.6 Å². The van der Waals surface area contributed by atoms with Gasteiger partial charge in [0.2, 0.25) is 0 Å². The third kappa shape index (κ3) is 3.97. The Hall–Kier alpha value is -1.56. The quantitative estimate of drug-likeness (QED) is 0.760. The maximum Gasteiger partial charge on any atom is 0.315 e. The van der Waals surface area contributed by atoms with E-state index >= 15 is 0 Å². The molecule has 0 bridgehead atoms. The zero-order chi connectivity index (χ0) is 15.3. The molecular formula is C15H19BrN2O3. The first-order valence-electron chi connectivity index (χ1n) is 7.02. The summed E-state index contributed by atoms with van der Waals surface area (Å²) in [4.78, 5) is 23.2. The lowest BCUT2D eigenvalue weighted by Crippen LogP contribution is -2.44. The molecule has 0 aromatic heterocycles. The van der Waals surface area contributed by atoms with Crippen molar-refractivity contribution in [1.29, 1.82) is 0 Å². The van der Waals surface area contributed by atoms with Crippen molar-refractivity contribution in [2.75, 3.05) is 6.54 Å². The number of aliphatic carboxylic acids is 1. The zero-order valence-corrected chi connectivity index (χ0v) is 13.3. The van der Waals surface area contributed by atoms with Gasteiger partial charge in [-0.1, -0.05) is 47.0 Å². The summed E-state index contributed by atoms with van der Waals surface area (Å²) in [5.74, 6) is -0.814. The molecule has 1 aliphatic carbocycles. The Morgan fingerprint density at radius 2 is 1.86 bits per heavy atom. The van der Waals surface area contributed by atoms with Crippen LogP contribution in [0.4, 0.5) is 4.79 Å². The SMILES string of the molecule is O=C(NCc1ccccc1Br)NCC1(C(=O)O)CCCC1. The van der Waals surface area contributed by atoms with E-state index in [0.29, 0.717) is 19.4 Å². The third-order valence-electron chi connectivity index (χ3n) is 4.00. The number of urea groups is 1. The number of hydrogen-bond acceptors (Lipinski definition) is 2. The van der Waals surface area contributed by atoms with Crippen molar-refractivity contribution in [3.63, 3.8) is 0 Å². The van der Waals surface area contributed by atoms with Crippen molar-refractivity contribution in [1.82, 2.24) is 10.6 Å². The van der Waals surface area contributed by atoms with Crippen LogP contribution in [0.2, 0.25) is 0 Å². The Morgan fingerprint density at radius 1 is 1.19 bits per heavy atom. The summed E-state index contributed by atoms with van der Waals surface area (Å²) in [6.45, 7) is 0.581. The number of nitrogens with one attached hydrogen (secondary N) is 2. The molecule has 0 saturated heterocycles. The van der Waals surface area contributed by atoms with Crippen molar-refractivity contribution in [3.05, 3.63) is 34.3 Å². The van der Waals surface area contributed by atoms with Crippen LogP contribution in [0.25, 0.3) is 0 Å². The maximum atomic E-state index is 11.8. The van der Waals surface area contributed by atoms with Gasteiger partial charge < -0.3 is 15.7 Å². The highest BCUT2D eigenvalue weighted by atomic mass is 79.9. The highest BCUT2D eigenvalue weighted by Crippen LogP contribution is 2.37. The minimum atomic E-state index is -0.814. The number of halogens is 1. The van der Waals surface area contributed by atoms with Crippen LogP contribution in [0.5, 0.6) is 0 Å². The fourth-order valence-corrected chi connectivity index (χ4v) is 3.07. The molecule has 1 saturated carbocycles. The lowest BCUT2D eigenvalue weighted by Gasteiger charge is -2.24. The molecule has 3 N–H and O–H groups in total. The molecule has 0 spiro atoms. The molecule has 0 unspecified atom stereocenters. The summed E-state index contributed by atoms with van der Waals surface area (Å²) in [5, 5.41) is 14.8.